The Kier molecular flexibility index (Phi) is 16.5. The van der Waals surface area contributed by atoms with Gasteiger partial charge in [0.2, 0.25) is 0 Å². The maximum Gasteiger partial charge on any atom is 0.299 e. The second-order valence-corrected chi connectivity index (χ2v) is 21.5. The zero-order valence-electron chi connectivity index (χ0n) is 42.5. The van der Waals surface area contributed by atoms with Crippen molar-refractivity contribution in [2.24, 2.45) is 23.7 Å². The van der Waals surface area contributed by atoms with Crippen molar-refractivity contribution in [2.75, 3.05) is 24.9 Å². The summed E-state index contributed by atoms with van der Waals surface area (Å²) < 4.78 is 11.0. The van der Waals surface area contributed by atoms with Crippen LogP contribution in [0, 0.1) is 48.4 Å². The molecule has 0 saturated heterocycles. The quantitative estimate of drug-likeness (QED) is 0.116. The molecular weight excluding hydrogens is 900 g/mol. The summed E-state index contributed by atoms with van der Waals surface area (Å²) in [6.45, 7) is 8.59. The van der Waals surface area contributed by atoms with E-state index in [-0.39, 0.29) is 53.9 Å². The molecule has 0 unspecified atom stereocenters. The lowest BCUT2D eigenvalue weighted by molar-refractivity contribution is -0.130. The summed E-state index contributed by atoms with van der Waals surface area (Å²) in [5.41, 5.74) is 10.5. The van der Waals surface area contributed by atoms with E-state index in [1.807, 2.05) is 21.9 Å². The van der Waals surface area contributed by atoms with Crippen molar-refractivity contribution in [3.05, 3.63) is 131 Å². The lowest BCUT2D eigenvalue weighted by Gasteiger charge is -2.57. The number of anilines is 2. The first kappa shape index (κ1) is 51.5. The van der Waals surface area contributed by atoms with E-state index >= 15 is 0 Å². The van der Waals surface area contributed by atoms with Gasteiger partial charge in [-0.25, -0.2) is 0 Å². The summed E-state index contributed by atoms with van der Waals surface area (Å²) in [5.74, 6) is 9.39. The molecule has 5 aliphatic carbocycles. The molecule has 9 heteroatoms. The van der Waals surface area contributed by atoms with Gasteiger partial charge in [-0.15, -0.1) is 25.3 Å². The number of unbranched alkanes of at least 4 members (excludes halogenated alkanes) is 2. The van der Waals surface area contributed by atoms with E-state index in [4.69, 9.17) is 22.3 Å². The second kappa shape index (κ2) is 22.7. The molecule has 2 amide bonds. The van der Waals surface area contributed by atoms with Crippen LogP contribution in [0.15, 0.2) is 97.2 Å². The number of allylic oxidation sites excluding steroid dienone is 1. The summed E-state index contributed by atoms with van der Waals surface area (Å²) in [7, 11) is 3.40. The average Bonchev–Trinajstić information content (AvgIpc) is 3.35. The molecule has 0 aromatic heterocycles. The Labute approximate surface area is 430 Å². The predicted molar refractivity (Wildman–Crippen MR) is 290 cm³/mol. The van der Waals surface area contributed by atoms with Crippen molar-refractivity contribution < 1.29 is 19.1 Å². The van der Waals surface area contributed by atoms with Crippen molar-refractivity contribution >= 4 is 35.6 Å². The minimum atomic E-state index is -0.247. The number of amides is 2. The molecule has 5 saturated carbocycles. The third-order valence-electron chi connectivity index (χ3n) is 16.8. The molecule has 0 radical (unpaired) electrons. The Balaban J connectivity index is 0.000000189. The number of fused-ring (bicyclic) bond motifs is 2. The number of benzene rings is 4. The summed E-state index contributed by atoms with van der Waals surface area (Å²) in [5, 5.41) is 7.47. The largest absolute Gasteiger partial charge is 0.497 e. The third kappa shape index (κ3) is 11.0. The first-order valence-electron chi connectivity index (χ1n) is 26.4. The van der Waals surface area contributed by atoms with Crippen molar-refractivity contribution in [2.45, 2.75) is 153 Å². The van der Waals surface area contributed by atoms with Crippen LogP contribution in [0.2, 0.25) is 0 Å². The van der Waals surface area contributed by atoms with Crippen LogP contribution in [0.3, 0.4) is 0 Å². The number of halogens is 1. The summed E-state index contributed by atoms with van der Waals surface area (Å²) in [6, 6.07) is 29.4. The van der Waals surface area contributed by atoms with Crippen LogP contribution in [0.5, 0.6) is 11.5 Å². The molecule has 7 aliphatic rings. The van der Waals surface area contributed by atoms with Crippen molar-refractivity contribution in [1.29, 1.82) is 0 Å². The summed E-state index contributed by atoms with van der Waals surface area (Å²) in [6.07, 6.45) is 31.2. The minimum absolute atomic E-state index is 0. The van der Waals surface area contributed by atoms with Crippen LogP contribution in [0.1, 0.15) is 156 Å². The maximum atomic E-state index is 13.2. The lowest BCUT2D eigenvalue weighted by atomic mass is 9.53. The number of carbonyl (C=O) groups excluding carboxylic acids is 2. The topological polar surface area (TPSA) is 83.1 Å². The number of nitrogens with zero attached hydrogens (tertiary/aromatic N) is 2. The molecule has 2 aliphatic heterocycles. The number of carbonyl (C=O) groups is 2. The molecule has 374 valence electrons. The highest BCUT2D eigenvalue weighted by Crippen LogP contribution is 2.57. The molecule has 11 rings (SSSR count). The molecule has 4 aromatic rings. The molecule has 2 heterocycles. The Hall–Kier alpha value is -5.83. The molecule has 0 spiro atoms. The van der Waals surface area contributed by atoms with E-state index in [2.05, 4.69) is 116 Å². The van der Waals surface area contributed by atoms with Gasteiger partial charge in [-0.1, -0.05) is 88.9 Å². The standard InChI is InChI=1S/C33H40N2O2.C29H34N2O2.ClH/c1-4-6-7-28-17-26-18-29(37-3)12-13-30(26)32(35(28)31(36)5-2)25-8-10-27(11-9-25)34-33-19-22-14-23(20-33)16-24(15-22)21-33;1-5-7-11-25-18-23-19-26(33-4)16-17-27(23)29(31(25)28(32)6-2)22-12-14-24(15-13-22)30-20(3)21-9-8-10-21;/h2,8-13,18,22-24,28,32,34H,4,6-7,14-17,19-21H2,1,3H3;2,12-17,19,21,25,29-30H,3,5,7-11,18H2,1,4H3;1H/t22?,23?,24?,28-,32-,33?;25-,29-;/m00./s1. The first-order valence-corrected chi connectivity index (χ1v) is 26.4. The molecule has 71 heavy (non-hydrogen) atoms. The monoisotopic (exact) mass is 975 g/mol. The summed E-state index contributed by atoms with van der Waals surface area (Å²) >= 11 is 0. The fraction of sp³-hybridized carbons (Fsp3) is 0.484. The van der Waals surface area contributed by atoms with Gasteiger partial charge < -0.3 is 29.9 Å². The van der Waals surface area contributed by atoms with Gasteiger partial charge in [0.1, 0.15) is 11.5 Å². The molecule has 4 bridgehead atoms. The number of ether oxygens (including phenoxy) is 2. The highest BCUT2D eigenvalue weighted by Gasteiger charge is 2.51. The number of rotatable bonds is 15. The number of methoxy groups -OCH3 is 2. The van der Waals surface area contributed by atoms with Crippen LogP contribution in [-0.4, -0.2) is 53.5 Å². The van der Waals surface area contributed by atoms with E-state index in [1.54, 1.807) is 14.2 Å². The average molecular weight is 976 g/mol. The molecule has 5 fully saturated rings. The summed E-state index contributed by atoms with van der Waals surface area (Å²) in [4.78, 5) is 30.1. The van der Waals surface area contributed by atoms with Crippen LogP contribution < -0.4 is 20.1 Å². The van der Waals surface area contributed by atoms with E-state index in [0.29, 0.717) is 5.92 Å². The van der Waals surface area contributed by atoms with Gasteiger partial charge in [0, 0.05) is 34.7 Å². The van der Waals surface area contributed by atoms with Gasteiger partial charge in [-0.2, -0.15) is 0 Å². The minimum Gasteiger partial charge on any atom is -0.497 e. The van der Waals surface area contributed by atoms with Gasteiger partial charge >= 0.3 is 0 Å². The molecular formula is C62H75ClN4O4. The van der Waals surface area contributed by atoms with Crippen LogP contribution in [0.4, 0.5) is 11.4 Å². The highest BCUT2D eigenvalue weighted by atomic mass is 35.5. The van der Waals surface area contributed by atoms with Gasteiger partial charge in [0.05, 0.1) is 26.3 Å². The smallest absolute Gasteiger partial charge is 0.299 e. The van der Waals surface area contributed by atoms with Gasteiger partial charge in [0.15, 0.2) is 0 Å². The normalized spacial score (nSPS) is 25.6. The van der Waals surface area contributed by atoms with Gasteiger partial charge in [-0.3, -0.25) is 9.59 Å². The van der Waals surface area contributed by atoms with E-state index in [1.165, 1.54) is 74.6 Å². The zero-order valence-corrected chi connectivity index (χ0v) is 43.3. The SMILES string of the molecule is C#CC(=O)N1[C@@H](CCCC)Cc2cc(OC)ccc2[C@@H]1c1ccc(NC(=C)C2CCC2)cc1.C#CC(=O)N1[C@@H](CCCC)Cc2cc(OC)ccc2[C@@H]1c1ccc(NC23CC4CC(CC(C4)C2)C3)cc1.Cl. The number of nitrogens with one attached hydrogen (secondary N) is 2. The third-order valence-corrected chi connectivity index (χ3v) is 16.8. The predicted octanol–water partition coefficient (Wildman–Crippen LogP) is 13.3. The molecule has 8 nitrogen and oxygen atoms in total. The van der Waals surface area contributed by atoms with Crippen molar-refractivity contribution in [3.63, 3.8) is 0 Å². The molecule has 4 aromatic carbocycles. The van der Waals surface area contributed by atoms with Crippen LogP contribution in [-0.2, 0) is 22.4 Å². The lowest BCUT2D eigenvalue weighted by Crippen LogP contribution is -2.54. The Morgan fingerprint density at radius 2 is 1.11 bits per heavy atom. The second-order valence-electron chi connectivity index (χ2n) is 21.5. The van der Waals surface area contributed by atoms with Crippen LogP contribution >= 0.6 is 12.4 Å². The van der Waals surface area contributed by atoms with Crippen LogP contribution in [0.25, 0.3) is 0 Å². The number of hydrogen-bond acceptors (Lipinski definition) is 6. The molecule has 4 atom stereocenters. The van der Waals surface area contributed by atoms with E-state index < -0.39 is 0 Å². The fourth-order valence-electron chi connectivity index (χ4n) is 13.6. The highest BCUT2D eigenvalue weighted by molar-refractivity contribution is 5.94. The van der Waals surface area contributed by atoms with Crippen molar-refractivity contribution in [3.8, 4) is 36.2 Å². The molecule has 2 N–H and O–H groups in total. The van der Waals surface area contributed by atoms with E-state index in [9.17, 15) is 9.59 Å². The van der Waals surface area contributed by atoms with Crippen molar-refractivity contribution in [1.82, 2.24) is 9.80 Å². The number of hydrogen-bond donors (Lipinski definition) is 2. The Bertz CT molecular complexity index is 2570. The maximum absolute atomic E-state index is 13.2. The first-order chi connectivity index (χ1) is 34.1. The zero-order chi connectivity index (χ0) is 48.9. The Morgan fingerprint density at radius 3 is 1.49 bits per heavy atom. The van der Waals surface area contributed by atoms with Gasteiger partial charge in [0.25, 0.3) is 11.8 Å². The van der Waals surface area contributed by atoms with E-state index in [0.717, 1.165) is 114 Å². The fourth-order valence-corrected chi connectivity index (χ4v) is 13.6. The number of terminal acetylenes is 2. The van der Waals surface area contributed by atoms with Gasteiger partial charge in [-0.05, 0) is 194 Å². The Morgan fingerprint density at radius 1 is 0.676 bits per heavy atom.